The molecule has 8 heteroatoms. The van der Waals surface area contributed by atoms with Crippen molar-refractivity contribution < 1.29 is 17.9 Å². The van der Waals surface area contributed by atoms with Crippen LogP contribution in [0.15, 0.2) is 23.1 Å². The number of ether oxygens (including phenoxy) is 1. The minimum atomic E-state index is -3.59. The second kappa shape index (κ2) is 8.10. The molecular formula is C15H23ClN2O4S. The number of methoxy groups -OCH3 is 1. The van der Waals surface area contributed by atoms with E-state index in [9.17, 15) is 13.2 Å². The van der Waals surface area contributed by atoms with Crippen LogP contribution in [0.25, 0.3) is 0 Å². The highest BCUT2D eigenvalue weighted by Crippen LogP contribution is 2.25. The Morgan fingerprint density at radius 3 is 2.48 bits per heavy atom. The van der Waals surface area contributed by atoms with E-state index in [0.717, 1.165) is 12.8 Å². The Bertz CT molecular complexity index is 655. The first-order valence-corrected chi connectivity index (χ1v) is 8.73. The zero-order chi connectivity index (χ0) is 16.3. The van der Waals surface area contributed by atoms with Crippen molar-refractivity contribution in [3.8, 4) is 0 Å². The average molecular weight is 363 g/mol. The fraction of sp³-hybridized carbons (Fsp3) is 0.533. The minimum absolute atomic E-state index is 0. The number of rotatable bonds is 4. The van der Waals surface area contributed by atoms with Crippen LogP contribution in [0.5, 0.6) is 0 Å². The molecule has 23 heavy (non-hydrogen) atoms. The Labute approximate surface area is 143 Å². The van der Waals surface area contributed by atoms with Crippen LogP contribution >= 0.6 is 12.4 Å². The summed E-state index contributed by atoms with van der Waals surface area (Å²) in [4.78, 5) is 11.9. The van der Waals surface area contributed by atoms with Crippen molar-refractivity contribution in [3.63, 3.8) is 0 Å². The molecule has 0 spiro atoms. The fourth-order valence-electron chi connectivity index (χ4n) is 2.63. The highest BCUT2D eigenvalue weighted by atomic mass is 35.5. The van der Waals surface area contributed by atoms with E-state index in [1.165, 1.54) is 23.5 Å². The molecule has 0 aromatic heterocycles. The maximum absolute atomic E-state index is 12.7. The molecule has 0 radical (unpaired) electrons. The molecule has 0 bridgehead atoms. The van der Waals surface area contributed by atoms with Gasteiger partial charge in [-0.15, -0.1) is 12.4 Å². The highest BCUT2D eigenvalue weighted by molar-refractivity contribution is 7.89. The van der Waals surface area contributed by atoms with Gasteiger partial charge in [0, 0.05) is 13.1 Å². The molecule has 0 atom stereocenters. The summed E-state index contributed by atoms with van der Waals surface area (Å²) in [5.74, 6) is -0.147. The molecule has 130 valence electrons. The number of carbonyl (C=O) groups is 1. The molecule has 0 unspecified atom stereocenters. The lowest BCUT2D eigenvalue weighted by Gasteiger charge is -2.30. The van der Waals surface area contributed by atoms with E-state index in [1.54, 1.807) is 13.0 Å². The summed E-state index contributed by atoms with van der Waals surface area (Å²) in [5.41, 5.74) is 6.60. The van der Waals surface area contributed by atoms with Crippen LogP contribution in [0.2, 0.25) is 0 Å². The number of benzene rings is 1. The van der Waals surface area contributed by atoms with Crippen LogP contribution in [0.3, 0.4) is 0 Å². The number of aryl methyl sites for hydroxylation is 1. The van der Waals surface area contributed by atoms with Crippen molar-refractivity contribution in [2.24, 2.45) is 11.7 Å². The normalized spacial score (nSPS) is 16.7. The summed E-state index contributed by atoms with van der Waals surface area (Å²) in [7, 11) is -2.31. The van der Waals surface area contributed by atoms with E-state index in [2.05, 4.69) is 0 Å². The van der Waals surface area contributed by atoms with E-state index in [0.29, 0.717) is 31.1 Å². The number of piperidine rings is 1. The van der Waals surface area contributed by atoms with Gasteiger partial charge in [0.25, 0.3) is 0 Å². The summed E-state index contributed by atoms with van der Waals surface area (Å²) in [6.07, 6.45) is 1.54. The molecule has 1 aliphatic rings. The molecule has 1 aliphatic heterocycles. The first-order chi connectivity index (χ1) is 10.4. The third kappa shape index (κ3) is 4.23. The van der Waals surface area contributed by atoms with Gasteiger partial charge in [-0.25, -0.2) is 13.2 Å². The van der Waals surface area contributed by atoms with Crippen molar-refractivity contribution in [2.45, 2.75) is 24.7 Å². The molecule has 2 N–H and O–H groups in total. The van der Waals surface area contributed by atoms with Crippen molar-refractivity contribution in [1.82, 2.24) is 4.31 Å². The minimum Gasteiger partial charge on any atom is -0.465 e. The van der Waals surface area contributed by atoms with E-state index >= 15 is 0 Å². The number of halogens is 1. The molecule has 2 rings (SSSR count). The molecule has 6 nitrogen and oxygen atoms in total. The molecule has 1 aromatic carbocycles. The van der Waals surface area contributed by atoms with Crippen LogP contribution in [0.4, 0.5) is 0 Å². The van der Waals surface area contributed by atoms with Crippen LogP contribution in [-0.4, -0.2) is 45.4 Å². The monoisotopic (exact) mass is 362 g/mol. The van der Waals surface area contributed by atoms with Crippen LogP contribution in [0.1, 0.15) is 28.8 Å². The Morgan fingerprint density at radius 1 is 1.35 bits per heavy atom. The molecule has 0 amide bonds. The van der Waals surface area contributed by atoms with E-state index < -0.39 is 16.0 Å². The standard InChI is InChI=1S/C15H22N2O4S.ClH/c1-11-3-4-13(9-14(11)15(18)21-2)22(19,20)17-7-5-12(10-16)6-8-17;/h3-4,9,12H,5-8,10,16H2,1-2H3;1H. The van der Waals surface area contributed by atoms with Gasteiger partial charge in [-0.1, -0.05) is 6.07 Å². The van der Waals surface area contributed by atoms with Crippen molar-refractivity contribution in [3.05, 3.63) is 29.3 Å². The third-order valence-electron chi connectivity index (χ3n) is 4.16. The number of hydrogen-bond acceptors (Lipinski definition) is 5. The molecule has 1 heterocycles. The van der Waals surface area contributed by atoms with Gasteiger partial charge >= 0.3 is 5.97 Å². The maximum atomic E-state index is 12.7. The molecule has 1 saturated heterocycles. The second-order valence-corrected chi connectivity index (χ2v) is 7.49. The van der Waals surface area contributed by atoms with Gasteiger partial charge in [0.15, 0.2) is 0 Å². The number of nitrogens with zero attached hydrogens (tertiary/aromatic N) is 1. The second-order valence-electron chi connectivity index (χ2n) is 5.55. The Balaban J connectivity index is 0.00000264. The summed E-state index contributed by atoms with van der Waals surface area (Å²) in [5, 5.41) is 0. The topological polar surface area (TPSA) is 89.7 Å². The molecule has 1 fully saturated rings. The predicted molar refractivity (Wildman–Crippen MR) is 90.3 cm³/mol. The molecule has 0 aliphatic carbocycles. The Kier molecular flexibility index (Phi) is 7.01. The number of esters is 1. The lowest BCUT2D eigenvalue weighted by atomic mass is 9.99. The first kappa shape index (κ1) is 19.9. The lowest BCUT2D eigenvalue weighted by Crippen LogP contribution is -2.40. The number of nitrogens with two attached hydrogens (primary N) is 1. The van der Waals surface area contributed by atoms with Crippen molar-refractivity contribution in [1.29, 1.82) is 0 Å². The first-order valence-electron chi connectivity index (χ1n) is 7.29. The van der Waals surface area contributed by atoms with Gasteiger partial charge in [-0.05, 0) is 49.9 Å². The van der Waals surface area contributed by atoms with E-state index in [-0.39, 0.29) is 22.9 Å². The zero-order valence-electron chi connectivity index (χ0n) is 13.3. The van der Waals surface area contributed by atoms with E-state index in [1.807, 2.05) is 0 Å². The van der Waals surface area contributed by atoms with Crippen LogP contribution in [-0.2, 0) is 14.8 Å². The Morgan fingerprint density at radius 2 is 1.96 bits per heavy atom. The van der Waals surface area contributed by atoms with Gasteiger partial charge in [0.05, 0.1) is 17.6 Å². The summed E-state index contributed by atoms with van der Waals surface area (Å²) in [6.45, 7) is 3.26. The molecule has 1 aromatic rings. The SMILES string of the molecule is COC(=O)c1cc(S(=O)(=O)N2CCC(CN)CC2)ccc1C.Cl. The van der Waals surface area contributed by atoms with E-state index in [4.69, 9.17) is 10.5 Å². The van der Waals surface area contributed by atoms with Crippen molar-refractivity contribution in [2.75, 3.05) is 26.7 Å². The summed E-state index contributed by atoms with van der Waals surface area (Å²) >= 11 is 0. The van der Waals surface area contributed by atoms with Crippen molar-refractivity contribution >= 4 is 28.4 Å². The lowest BCUT2D eigenvalue weighted by molar-refractivity contribution is 0.0599. The summed E-state index contributed by atoms with van der Waals surface area (Å²) < 4.78 is 31.6. The zero-order valence-corrected chi connectivity index (χ0v) is 15.0. The highest BCUT2D eigenvalue weighted by Gasteiger charge is 2.29. The Hall–Kier alpha value is -1.15. The number of sulfonamides is 1. The van der Waals surface area contributed by atoms with Gasteiger partial charge in [-0.2, -0.15) is 4.31 Å². The molecule has 0 saturated carbocycles. The third-order valence-corrected chi connectivity index (χ3v) is 6.05. The predicted octanol–water partition coefficient (Wildman–Crippen LogP) is 1.56. The van der Waals surface area contributed by atoms with Gasteiger partial charge in [-0.3, -0.25) is 0 Å². The maximum Gasteiger partial charge on any atom is 0.338 e. The average Bonchev–Trinajstić information content (AvgIpc) is 2.54. The van der Waals surface area contributed by atoms with Crippen LogP contribution < -0.4 is 5.73 Å². The van der Waals surface area contributed by atoms with Gasteiger partial charge < -0.3 is 10.5 Å². The number of hydrogen-bond donors (Lipinski definition) is 1. The van der Waals surface area contributed by atoms with Crippen LogP contribution in [0, 0.1) is 12.8 Å². The van der Waals surface area contributed by atoms with Gasteiger partial charge in [0.1, 0.15) is 0 Å². The number of carbonyl (C=O) groups excluding carboxylic acids is 1. The fourth-order valence-corrected chi connectivity index (χ4v) is 4.12. The molecular weight excluding hydrogens is 340 g/mol. The smallest absolute Gasteiger partial charge is 0.338 e. The quantitative estimate of drug-likeness (QED) is 0.821. The largest absolute Gasteiger partial charge is 0.465 e. The van der Waals surface area contributed by atoms with Gasteiger partial charge in [0.2, 0.25) is 10.0 Å². The summed E-state index contributed by atoms with van der Waals surface area (Å²) in [6, 6.07) is 4.56.